The number of likely N-dealkylation sites (N-methyl/N-ethyl adjacent to an activating group) is 1. The minimum atomic E-state index is -0.836. The van der Waals surface area contributed by atoms with Crippen LogP contribution in [0.3, 0.4) is 0 Å². The molecule has 0 aromatic heterocycles. The minimum absolute atomic E-state index is 0.104. The smallest absolute Gasteiger partial charge is 0.222 e. The number of amides is 1. The lowest BCUT2D eigenvalue weighted by molar-refractivity contribution is -0.133. The molecular formula is C17H27NO2. The van der Waals surface area contributed by atoms with Crippen LogP contribution in [0.2, 0.25) is 0 Å². The molecule has 1 N–H and O–H groups in total. The van der Waals surface area contributed by atoms with Gasteiger partial charge in [0, 0.05) is 20.0 Å². The first kappa shape index (κ1) is 16.7. The number of aryl methyl sites for hydroxylation is 1. The van der Waals surface area contributed by atoms with Crippen LogP contribution < -0.4 is 0 Å². The van der Waals surface area contributed by atoms with Gasteiger partial charge in [0.15, 0.2) is 0 Å². The molecule has 1 aromatic rings. The standard InChI is InChI=1S/C17H27NO2/c1-14(10-11-15-8-6-5-7-9-15)12-16(19)18(4)13-17(2,3)20/h5-9,14,20H,10-13H2,1-4H3. The molecule has 1 atom stereocenters. The number of rotatable bonds is 7. The van der Waals surface area contributed by atoms with Crippen molar-refractivity contribution in [3.05, 3.63) is 35.9 Å². The van der Waals surface area contributed by atoms with Crippen LogP contribution in [-0.4, -0.2) is 35.1 Å². The van der Waals surface area contributed by atoms with E-state index in [2.05, 4.69) is 19.1 Å². The Morgan fingerprint density at radius 2 is 1.90 bits per heavy atom. The monoisotopic (exact) mass is 277 g/mol. The Balaban J connectivity index is 2.34. The first-order chi connectivity index (χ1) is 9.28. The number of aliphatic hydroxyl groups is 1. The van der Waals surface area contributed by atoms with Gasteiger partial charge in [-0.05, 0) is 38.2 Å². The van der Waals surface area contributed by atoms with Gasteiger partial charge in [-0.25, -0.2) is 0 Å². The molecule has 1 amide bonds. The third kappa shape index (κ3) is 6.71. The van der Waals surface area contributed by atoms with Crippen molar-refractivity contribution in [2.24, 2.45) is 5.92 Å². The van der Waals surface area contributed by atoms with E-state index in [1.54, 1.807) is 25.8 Å². The zero-order valence-corrected chi connectivity index (χ0v) is 13.1. The molecule has 1 rings (SSSR count). The van der Waals surface area contributed by atoms with Crippen LogP contribution >= 0.6 is 0 Å². The maximum Gasteiger partial charge on any atom is 0.222 e. The molecule has 0 saturated heterocycles. The largest absolute Gasteiger partial charge is 0.389 e. The number of carbonyl (C=O) groups is 1. The maximum atomic E-state index is 12.1. The molecule has 1 aromatic carbocycles. The number of nitrogens with zero attached hydrogens (tertiary/aromatic N) is 1. The van der Waals surface area contributed by atoms with Gasteiger partial charge in [0.2, 0.25) is 5.91 Å². The summed E-state index contributed by atoms with van der Waals surface area (Å²) >= 11 is 0. The molecule has 0 fully saturated rings. The molecule has 0 heterocycles. The molecule has 0 saturated carbocycles. The summed E-state index contributed by atoms with van der Waals surface area (Å²) in [5.74, 6) is 0.458. The van der Waals surface area contributed by atoms with E-state index in [0.717, 1.165) is 12.8 Å². The van der Waals surface area contributed by atoms with Crippen molar-refractivity contribution in [2.75, 3.05) is 13.6 Å². The summed E-state index contributed by atoms with van der Waals surface area (Å²) < 4.78 is 0. The van der Waals surface area contributed by atoms with Crippen LogP contribution in [0.5, 0.6) is 0 Å². The normalized spacial score (nSPS) is 13.1. The Hall–Kier alpha value is -1.35. The molecule has 0 radical (unpaired) electrons. The van der Waals surface area contributed by atoms with Crippen molar-refractivity contribution in [2.45, 2.75) is 45.6 Å². The molecule has 0 spiro atoms. The Kier molecular flexibility index (Phi) is 6.21. The van der Waals surface area contributed by atoms with Crippen LogP contribution in [0.4, 0.5) is 0 Å². The SMILES string of the molecule is CC(CCc1ccccc1)CC(=O)N(C)CC(C)(C)O. The summed E-state index contributed by atoms with van der Waals surface area (Å²) in [5, 5.41) is 9.73. The number of carbonyl (C=O) groups excluding carboxylic acids is 1. The van der Waals surface area contributed by atoms with E-state index in [1.165, 1.54) is 5.56 Å². The molecule has 0 aliphatic rings. The summed E-state index contributed by atoms with van der Waals surface area (Å²) in [5.41, 5.74) is 0.481. The van der Waals surface area contributed by atoms with E-state index >= 15 is 0 Å². The van der Waals surface area contributed by atoms with E-state index in [4.69, 9.17) is 0 Å². The van der Waals surface area contributed by atoms with Gasteiger partial charge in [0.1, 0.15) is 0 Å². The zero-order chi connectivity index (χ0) is 15.2. The first-order valence-electron chi connectivity index (χ1n) is 7.28. The molecule has 0 aliphatic heterocycles. The Morgan fingerprint density at radius 1 is 1.30 bits per heavy atom. The summed E-state index contributed by atoms with van der Waals surface area (Å²) in [6.07, 6.45) is 2.55. The summed E-state index contributed by atoms with van der Waals surface area (Å²) in [4.78, 5) is 13.7. The molecule has 3 nitrogen and oxygen atoms in total. The van der Waals surface area contributed by atoms with Crippen LogP contribution in [-0.2, 0) is 11.2 Å². The molecule has 0 aliphatic carbocycles. The van der Waals surface area contributed by atoms with E-state index in [9.17, 15) is 9.90 Å². The Labute approximate surface area is 122 Å². The summed E-state index contributed by atoms with van der Waals surface area (Å²) in [7, 11) is 1.75. The zero-order valence-electron chi connectivity index (χ0n) is 13.1. The van der Waals surface area contributed by atoms with E-state index in [-0.39, 0.29) is 5.91 Å². The summed E-state index contributed by atoms with van der Waals surface area (Å²) in [6, 6.07) is 10.3. The lowest BCUT2D eigenvalue weighted by Crippen LogP contribution is -2.40. The number of hydrogen-bond donors (Lipinski definition) is 1. The number of hydrogen-bond acceptors (Lipinski definition) is 2. The fourth-order valence-electron chi connectivity index (χ4n) is 2.28. The highest BCUT2D eigenvalue weighted by Gasteiger charge is 2.20. The first-order valence-corrected chi connectivity index (χ1v) is 7.28. The van der Waals surface area contributed by atoms with Crippen LogP contribution in [0, 0.1) is 5.92 Å². The van der Waals surface area contributed by atoms with Gasteiger partial charge < -0.3 is 10.0 Å². The van der Waals surface area contributed by atoms with Crippen molar-refractivity contribution in [1.29, 1.82) is 0 Å². The van der Waals surface area contributed by atoms with E-state index < -0.39 is 5.60 Å². The second-order valence-corrected chi connectivity index (χ2v) is 6.40. The number of benzene rings is 1. The average Bonchev–Trinajstić information content (AvgIpc) is 2.35. The average molecular weight is 277 g/mol. The lowest BCUT2D eigenvalue weighted by Gasteiger charge is -2.26. The van der Waals surface area contributed by atoms with E-state index in [1.807, 2.05) is 18.2 Å². The van der Waals surface area contributed by atoms with Gasteiger partial charge in [0.05, 0.1) is 5.60 Å². The Bertz CT molecular complexity index is 409. The van der Waals surface area contributed by atoms with Gasteiger partial charge in [-0.2, -0.15) is 0 Å². The fraction of sp³-hybridized carbons (Fsp3) is 0.588. The van der Waals surface area contributed by atoms with Crippen LogP contribution in [0.15, 0.2) is 30.3 Å². The quantitative estimate of drug-likeness (QED) is 0.832. The van der Waals surface area contributed by atoms with Gasteiger partial charge in [0.25, 0.3) is 0 Å². The molecular weight excluding hydrogens is 250 g/mol. The molecule has 20 heavy (non-hydrogen) atoms. The molecule has 1 unspecified atom stereocenters. The molecule has 3 heteroatoms. The van der Waals surface area contributed by atoms with Crippen LogP contribution in [0.1, 0.15) is 39.2 Å². The summed E-state index contributed by atoms with van der Waals surface area (Å²) in [6.45, 7) is 5.92. The van der Waals surface area contributed by atoms with Crippen LogP contribution in [0.25, 0.3) is 0 Å². The molecule has 112 valence electrons. The highest BCUT2D eigenvalue weighted by atomic mass is 16.3. The lowest BCUT2D eigenvalue weighted by atomic mass is 9.97. The molecule has 0 bridgehead atoms. The maximum absolute atomic E-state index is 12.1. The van der Waals surface area contributed by atoms with Crippen molar-refractivity contribution in [3.63, 3.8) is 0 Å². The fourth-order valence-corrected chi connectivity index (χ4v) is 2.28. The minimum Gasteiger partial charge on any atom is -0.389 e. The Morgan fingerprint density at radius 3 is 2.45 bits per heavy atom. The van der Waals surface area contributed by atoms with Gasteiger partial charge in [-0.1, -0.05) is 37.3 Å². The highest BCUT2D eigenvalue weighted by Crippen LogP contribution is 2.14. The predicted molar refractivity (Wildman–Crippen MR) is 82.5 cm³/mol. The van der Waals surface area contributed by atoms with Crippen molar-refractivity contribution in [3.8, 4) is 0 Å². The van der Waals surface area contributed by atoms with Crippen molar-refractivity contribution < 1.29 is 9.90 Å². The van der Waals surface area contributed by atoms with Crippen molar-refractivity contribution in [1.82, 2.24) is 4.90 Å². The second kappa shape index (κ2) is 7.44. The third-order valence-corrected chi connectivity index (χ3v) is 3.34. The highest BCUT2D eigenvalue weighted by molar-refractivity contribution is 5.76. The third-order valence-electron chi connectivity index (χ3n) is 3.34. The van der Waals surface area contributed by atoms with Gasteiger partial charge >= 0.3 is 0 Å². The van der Waals surface area contributed by atoms with E-state index in [0.29, 0.717) is 18.9 Å². The van der Waals surface area contributed by atoms with Crippen molar-refractivity contribution >= 4 is 5.91 Å². The van der Waals surface area contributed by atoms with Gasteiger partial charge in [-0.15, -0.1) is 0 Å². The predicted octanol–water partition coefficient (Wildman–Crippen LogP) is 2.87. The topological polar surface area (TPSA) is 40.5 Å². The van der Waals surface area contributed by atoms with Gasteiger partial charge in [-0.3, -0.25) is 4.79 Å². The second-order valence-electron chi connectivity index (χ2n) is 6.40.